The molecule has 172 valence electrons. The average molecular weight is 446 g/mol. The van der Waals surface area contributed by atoms with Gasteiger partial charge in [-0.2, -0.15) is 0 Å². The zero-order chi connectivity index (χ0) is 22.5. The summed E-state index contributed by atoms with van der Waals surface area (Å²) in [5, 5.41) is 5.06. The van der Waals surface area contributed by atoms with Crippen LogP contribution in [0.2, 0.25) is 0 Å². The highest BCUT2D eigenvalue weighted by atomic mass is 16.7. The normalized spacial score (nSPS) is 19.4. The Kier molecular flexibility index (Phi) is 6.74. The van der Waals surface area contributed by atoms with Crippen molar-refractivity contribution in [1.29, 1.82) is 0 Å². The number of benzene rings is 1. The minimum atomic E-state index is -0.798. The molecule has 11 heteroatoms. The van der Waals surface area contributed by atoms with Crippen molar-refractivity contribution in [2.75, 3.05) is 46.1 Å². The first kappa shape index (κ1) is 21.9. The lowest BCUT2D eigenvalue weighted by Crippen LogP contribution is -2.47. The molecule has 1 aromatic rings. The Morgan fingerprint density at radius 3 is 2.69 bits per heavy atom. The number of nitrogens with zero attached hydrogens (tertiary/aromatic N) is 2. The molecule has 4 amide bonds. The second-order valence-electron chi connectivity index (χ2n) is 7.70. The summed E-state index contributed by atoms with van der Waals surface area (Å²) >= 11 is 0. The van der Waals surface area contributed by atoms with Crippen molar-refractivity contribution >= 4 is 23.6 Å². The zero-order valence-electron chi connectivity index (χ0n) is 17.6. The predicted molar refractivity (Wildman–Crippen MR) is 110 cm³/mol. The lowest BCUT2D eigenvalue weighted by molar-refractivity contribution is -0.139. The van der Waals surface area contributed by atoms with Gasteiger partial charge in [-0.25, -0.2) is 0 Å². The van der Waals surface area contributed by atoms with Crippen molar-refractivity contribution in [1.82, 2.24) is 20.4 Å². The van der Waals surface area contributed by atoms with E-state index in [0.717, 1.165) is 13.0 Å². The molecule has 0 bridgehead atoms. The minimum Gasteiger partial charge on any atom is -0.454 e. The van der Waals surface area contributed by atoms with Crippen molar-refractivity contribution in [2.24, 2.45) is 0 Å². The van der Waals surface area contributed by atoms with Crippen LogP contribution >= 0.6 is 0 Å². The van der Waals surface area contributed by atoms with Crippen molar-refractivity contribution in [3.05, 3.63) is 23.8 Å². The topological polar surface area (TPSA) is 127 Å². The Bertz CT molecular complexity index is 906. The van der Waals surface area contributed by atoms with E-state index in [2.05, 4.69) is 10.6 Å². The highest BCUT2D eigenvalue weighted by molar-refractivity contribution is 6.35. The molecule has 0 aliphatic carbocycles. The van der Waals surface area contributed by atoms with E-state index in [1.165, 1.54) is 4.90 Å². The van der Waals surface area contributed by atoms with E-state index in [-0.39, 0.29) is 25.2 Å². The number of rotatable bonds is 7. The van der Waals surface area contributed by atoms with Crippen molar-refractivity contribution in [2.45, 2.75) is 25.5 Å². The summed E-state index contributed by atoms with van der Waals surface area (Å²) in [6, 6.07) is 4.93. The largest absolute Gasteiger partial charge is 0.454 e. The number of amides is 4. The molecule has 0 spiro atoms. The molecule has 2 saturated heterocycles. The Morgan fingerprint density at radius 2 is 1.88 bits per heavy atom. The molecule has 1 aromatic carbocycles. The SMILES string of the molecule is O=C(NCCCN1CCCC1=O)C(=O)NC[C@@H]1OCCN1C(=O)c1ccc2c(c1)OCO2. The smallest absolute Gasteiger partial charge is 0.309 e. The van der Waals surface area contributed by atoms with E-state index in [0.29, 0.717) is 56.1 Å². The molecule has 0 unspecified atom stereocenters. The van der Waals surface area contributed by atoms with E-state index in [1.54, 1.807) is 23.1 Å². The summed E-state index contributed by atoms with van der Waals surface area (Å²) in [5.41, 5.74) is 0.422. The molecule has 0 aromatic heterocycles. The maximum Gasteiger partial charge on any atom is 0.309 e. The Labute approximate surface area is 184 Å². The van der Waals surface area contributed by atoms with Gasteiger partial charge in [0.05, 0.1) is 13.2 Å². The summed E-state index contributed by atoms with van der Waals surface area (Å²) < 4.78 is 16.1. The number of nitrogens with one attached hydrogen (secondary N) is 2. The van der Waals surface area contributed by atoms with Crippen LogP contribution in [-0.2, 0) is 19.1 Å². The molecule has 3 heterocycles. The third-order valence-electron chi connectivity index (χ3n) is 5.58. The third-order valence-corrected chi connectivity index (χ3v) is 5.58. The van der Waals surface area contributed by atoms with Gasteiger partial charge in [0, 0.05) is 38.2 Å². The van der Waals surface area contributed by atoms with Crippen LogP contribution in [0.3, 0.4) is 0 Å². The van der Waals surface area contributed by atoms with Crippen molar-refractivity contribution in [3.8, 4) is 11.5 Å². The molecule has 1 atom stereocenters. The number of hydrogen-bond acceptors (Lipinski definition) is 7. The summed E-state index contributed by atoms with van der Waals surface area (Å²) in [6.07, 6.45) is 1.34. The van der Waals surface area contributed by atoms with Crippen LogP contribution in [0.4, 0.5) is 0 Å². The zero-order valence-corrected chi connectivity index (χ0v) is 17.6. The maximum atomic E-state index is 12.9. The number of hydrogen-bond donors (Lipinski definition) is 2. The maximum absolute atomic E-state index is 12.9. The number of carbonyl (C=O) groups is 4. The molecule has 2 N–H and O–H groups in total. The fourth-order valence-corrected chi connectivity index (χ4v) is 3.87. The second-order valence-corrected chi connectivity index (χ2v) is 7.70. The summed E-state index contributed by atoms with van der Waals surface area (Å²) in [6.45, 7) is 2.42. The Morgan fingerprint density at radius 1 is 1.06 bits per heavy atom. The molecule has 4 rings (SSSR count). The van der Waals surface area contributed by atoms with Crippen LogP contribution in [0.25, 0.3) is 0 Å². The van der Waals surface area contributed by atoms with E-state index in [4.69, 9.17) is 14.2 Å². The fraction of sp³-hybridized carbons (Fsp3) is 0.524. The molecule has 3 aliphatic heterocycles. The first-order valence-electron chi connectivity index (χ1n) is 10.7. The number of likely N-dealkylation sites (tertiary alicyclic amines) is 1. The van der Waals surface area contributed by atoms with Gasteiger partial charge in [0.1, 0.15) is 6.23 Å². The van der Waals surface area contributed by atoms with Crippen molar-refractivity contribution in [3.63, 3.8) is 0 Å². The van der Waals surface area contributed by atoms with E-state index >= 15 is 0 Å². The van der Waals surface area contributed by atoms with Crippen LogP contribution in [0.15, 0.2) is 18.2 Å². The molecule has 0 radical (unpaired) electrons. The number of fused-ring (bicyclic) bond motifs is 1. The highest BCUT2D eigenvalue weighted by Gasteiger charge is 2.32. The first-order valence-corrected chi connectivity index (χ1v) is 10.7. The quantitative estimate of drug-likeness (QED) is 0.425. The van der Waals surface area contributed by atoms with Crippen LogP contribution < -0.4 is 20.1 Å². The summed E-state index contributed by atoms with van der Waals surface area (Å²) in [5.74, 6) is -0.600. The number of carbonyl (C=O) groups excluding carboxylic acids is 4. The van der Waals surface area contributed by atoms with Crippen LogP contribution in [0.5, 0.6) is 11.5 Å². The average Bonchev–Trinajstić information content (AvgIpc) is 3.54. The molecule has 2 fully saturated rings. The number of ether oxygens (including phenoxy) is 3. The highest BCUT2D eigenvalue weighted by Crippen LogP contribution is 2.33. The molecule has 32 heavy (non-hydrogen) atoms. The minimum absolute atomic E-state index is 0.00910. The first-order chi connectivity index (χ1) is 15.5. The van der Waals surface area contributed by atoms with E-state index in [9.17, 15) is 19.2 Å². The lowest BCUT2D eigenvalue weighted by Gasteiger charge is -2.23. The summed E-state index contributed by atoms with van der Waals surface area (Å²) in [4.78, 5) is 51.8. The fourth-order valence-electron chi connectivity index (χ4n) is 3.87. The van der Waals surface area contributed by atoms with Crippen LogP contribution in [0.1, 0.15) is 29.6 Å². The van der Waals surface area contributed by atoms with Gasteiger partial charge < -0.3 is 34.6 Å². The lowest BCUT2D eigenvalue weighted by atomic mass is 10.1. The monoisotopic (exact) mass is 446 g/mol. The van der Waals surface area contributed by atoms with Gasteiger partial charge in [0.25, 0.3) is 5.91 Å². The molecule has 11 nitrogen and oxygen atoms in total. The third kappa shape index (κ3) is 4.93. The van der Waals surface area contributed by atoms with E-state index in [1.807, 2.05) is 0 Å². The standard InChI is InChI=1S/C21H26N4O7/c26-17-3-1-7-24(17)8-2-6-22-19(27)20(28)23-12-18-25(9-10-30-18)21(29)14-4-5-15-16(11-14)32-13-31-15/h4-5,11,18H,1-3,6-10,12-13H2,(H,22,27)(H,23,28)/t18-/m0/s1. The molecular formula is C21H26N4O7. The van der Waals surface area contributed by atoms with Gasteiger partial charge >= 0.3 is 11.8 Å². The summed E-state index contributed by atoms with van der Waals surface area (Å²) in [7, 11) is 0. The van der Waals surface area contributed by atoms with Crippen molar-refractivity contribution < 1.29 is 33.4 Å². The van der Waals surface area contributed by atoms with Gasteiger partial charge in [0.2, 0.25) is 12.7 Å². The molecule has 0 saturated carbocycles. The Hall–Kier alpha value is -3.34. The van der Waals surface area contributed by atoms with Crippen LogP contribution in [-0.4, -0.2) is 85.8 Å². The van der Waals surface area contributed by atoms with Gasteiger partial charge in [-0.15, -0.1) is 0 Å². The van der Waals surface area contributed by atoms with Gasteiger partial charge in [-0.1, -0.05) is 0 Å². The molecular weight excluding hydrogens is 420 g/mol. The van der Waals surface area contributed by atoms with E-state index < -0.39 is 18.0 Å². The second kappa shape index (κ2) is 9.86. The van der Waals surface area contributed by atoms with Gasteiger partial charge in [-0.05, 0) is 31.0 Å². The predicted octanol–water partition coefficient (Wildman–Crippen LogP) is -0.541. The van der Waals surface area contributed by atoms with Crippen LogP contribution in [0, 0.1) is 0 Å². The Balaban J connectivity index is 1.21. The molecule has 3 aliphatic rings. The van der Waals surface area contributed by atoms with Gasteiger partial charge in [-0.3, -0.25) is 19.2 Å². The van der Waals surface area contributed by atoms with Gasteiger partial charge in [0.15, 0.2) is 11.5 Å².